The molecule has 0 aromatic heterocycles. The Hall–Kier alpha value is -2.23. The predicted octanol–water partition coefficient (Wildman–Crippen LogP) is 3.56. The summed E-state index contributed by atoms with van der Waals surface area (Å²) >= 11 is 0. The van der Waals surface area contributed by atoms with Gasteiger partial charge in [0.2, 0.25) is 0 Å². The number of hydrogen-bond donors (Lipinski definition) is 0. The summed E-state index contributed by atoms with van der Waals surface area (Å²) in [6, 6.07) is 14.7. The van der Waals surface area contributed by atoms with E-state index in [0.717, 1.165) is 5.56 Å². The van der Waals surface area contributed by atoms with Crippen LogP contribution in [-0.2, 0) is 17.3 Å². The molecular formula is C15H12F2O2. The highest BCUT2D eigenvalue weighted by Crippen LogP contribution is 2.27. The highest BCUT2D eigenvalue weighted by molar-refractivity contribution is 5.63. The maximum atomic E-state index is 13.1. The van der Waals surface area contributed by atoms with Gasteiger partial charge in [0.25, 0.3) is 0 Å². The minimum absolute atomic E-state index is 0.338. The summed E-state index contributed by atoms with van der Waals surface area (Å²) in [5.74, 6) is -2.97. The van der Waals surface area contributed by atoms with E-state index in [9.17, 15) is 13.6 Å². The molecule has 0 aliphatic carbocycles. The van der Waals surface area contributed by atoms with Crippen LogP contribution in [-0.4, -0.2) is 6.29 Å². The number of benzene rings is 2. The second kappa shape index (κ2) is 5.61. The Kier molecular flexibility index (Phi) is 3.90. The summed E-state index contributed by atoms with van der Waals surface area (Å²) in [6.45, 7) is 0.365. The maximum Gasteiger partial charge on any atom is 0.327 e. The van der Waals surface area contributed by atoms with Crippen molar-refractivity contribution in [1.29, 1.82) is 0 Å². The first-order chi connectivity index (χ1) is 9.12. The zero-order valence-corrected chi connectivity index (χ0v) is 10.1. The van der Waals surface area contributed by atoms with E-state index in [1.165, 1.54) is 24.3 Å². The van der Waals surface area contributed by atoms with Crippen molar-refractivity contribution in [2.75, 3.05) is 0 Å². The third-order valence-electron chi connectivity index (χ3n) is 2.64. The molecule has 0 aliphatic rings. The van der Waals surface area contributed by atoms with E-state index in [2.05, 4.69) is 0 Å². The number of alkyl halides is 2. The lowest BCUT2D eigenvalue weighted by Crippen LogP contribution is -2.14. The Labute approximate surface area is 109 Å². The van der Waals surface area contributed by atoms with Gasteiger partial charge >= 0.3 is 5.92 Å². The van der Waals surface area contributed by atoms with Gasteiger partial charge in [0.05, 0.1) is 0 Å². The average Bonchev–Trinajstić information content (AvgIpc) is 2.47. The standard InChI is InChI=1S/C15H12F2O2/c16-15(17,11-18)13-6-8-14(9-7-13)19-10-12-4-2-1-3-5-12/h1-9,11H,10H2. The van der Waals surface area contributed by atoms with Crippen LogP contribution in [0.2, 0.25) is 0 Å². The Morgan fingerprint density at radius 1 is 1.00 bits per heavy atom. The number of ether oxygens (including phenoxy) is 1. The van der Waals surface area contributed by atoms with Crippen molar-refractivity contribution in [2.45, 2.75) is 12.5 Å². The van der Waals surface area contributed by atoms with Gasteiger partial charge in [-0.3, -0.25) is 4.79 Å². The third-order valence-corrected chi connectivity index (χ3v) is 2.64. The van der Waals surface area contributed by atoms with Gasteiger partial charge < -0.3 is 4.74 Å². The molecule has 0 saturated carbocycles. The smallest absolute Gasteiger partial charge is 0.327 e. The fourth-order valence-corrected chi connectivity index (χ4v) is 1.58. The minimum atomic E-state index is -3.45. The maximum absolute atomic E-state index is 13.1. The van der Waals surface area contributed by atoms with Crippen LogP contribution in [0, 0.1) is 0 Å². The van der Waals surface area contributed by atoms with E-state index in [4.69, 9.17) is 4.74 Å². The Bertz CT molecular complexity index is 536. The molecule has 0 saturated heterocycles. The number of aldehydes is 1. The fraction of sp³-hybridized carbons (Fsp3) is 0.133. The highest BCUT2D eigenvalue weighted by atomic mass is 19.3. The first kappa shape index (κ1) is 13.2. The van der Waals surface area contributed by atoms with E-state index >= 15 is 0 Å². The lowest BCUT2D eigenvalue weighted by atomic mass is 10.1. The van der Waals surface area contributed by atoms with Gasteiger partial charge in [-0.1, -0.05) is 30.3 Å². The van der Waals surface area contributed by atoms with Gasteiger partial charge in [0, 0.05) is 5.56 Å². The number of carbonyl (C=O) groups excluding carboxylic acids is 1. The van der Waals surface area contributed by atoms with Crippen molar-refractivity contribution in [3.05, 3.63) is 65.7 Å². The van der Waals surface area contributed by atoms with E-state index < -0.39 is 5.92 Å². The van der Waals surface area contributed by atoms with Gasteiger partial charge in [0.15, 0.2) is 6.29 Å². The topological polar surface area (TPSA) is 26.3 Å². The molecule has 0 N–H and O–H groups in total. The monoisotopic (exact) mass is 262 g/mol. The van der Waals surface area contributed by atoms with Crippen LogP contribution in [0.15, 0.2) is 54.6 Å². The van der Waals surface area contributed by atoms with Crippen LogP contribution < -0.4 is 4.74 Å². The highest BCUT2D eigenvalue weighted by Gasteiger charge is 2.30. The molecule has 0 unspecified atom stereocenters. The van der Waals surface area contributed by atoms with Gasteiger partial charge in [-0.05, 0) is 29.8 Å². The third kappa shape index (κ3) is 3.37. The molecule has 2 aromatic rings. The largest absolute Gasteiger partial charge is 0.489 e. The molecule has 2 aromatic carbocycles. The van der Waals surface area contributed by atoms with E-state index in [-0.39, 0.29) is 11.8 Å². The molecule has 0 amide bonds. The zero-order chi connectivity index (χ0) is 13.7. The molecule has 19 heavy (non-hydrogen) atoms. The van der Waals surface area contributed by atoms with E-state index in [0.29, 0.717) is 12.4 Å². The van der Waals surface area contributed by atoms with E-state index in [1.54, 1.807) is 0 Å². The van der Waals surface area contributed by atoms with Crippen LogP contribution in [0.5, 0.6) is 5.75 Å². The second-order valence-corrected chi connectivity index (χ2v) is 4.04. The molecule has 0 atom stereocenters. The van der Waals surface area contributed by atoms with Crippen molar-refractivity contribution in [3.8, 4) is 5.75 Å². The van der Waals surface area contributed by atoms with Crippen molar-refractivity contribution in [3.63, 3.8) is 0 Å². The molecule has 0 bridgehead atoms. The summed E-state index contributed by atoms with van der Waals surface area (Å²) in [5.41, 5.74) is 0.652. The number of carbonyl (C=O) groups is 1. The molecular weight excluding hydrogens is 250 g/mol. The number of rotatable bonds is 5. The molecule has 0 spiro atoms. The van der Waals surface area contributed by atoms with Crippen LogP contribution in [0.25, 0.3) is 0 Å². The second-order valence-electron chi connectivity index (χ2n) is 4.04. The van der Waals surface area contributed by atoms with Crippen LogP contribution in [0.4, 0.5) is 8.78 Å². The zero-order valence-electron chi connectivity index (χ0n) is 10.1. The first-order valence-corrected chi connectivity index (χ1v) is 5.73. The van der Waals surface area contributed by atoms with Gasteiger partial charge in [-0.25, -0.2) is 0 Å². The SMILES string of the molecule is O=CC(F)(F)c1ccc(OCc2ccccc2)cc1. The number of hydrogen-bond acceptors (Lipinski definition) is 2. The molecule has 2 nitrogen and oxygen atoms in total. The average molecular weight is 262 g/mol. The summed E-state index contributed by atoms with van der Waals surface area (Å²) in [6.07, 6.45) is -0.368. The van der Waals surface area contributed by atoms with Gasteiger partial charge in [-0.2, -0.15) is 8.78 Å². The van der Waals surface area contributed by atoms with Gasteiger partial charge in [-0.15, -0.1) is 0 Å². The lowest BCUT2D eigenvalue weighted by Gasteiger charge is -2.10. The Morgan fingerprint density at radius 3 is 2.21 bits per heavy atom. The van der Waals surface area contributed by atoms with Gasteiger partial charge in [0.1, 0.15) is 12.4 Å². The molecule has 2 rings (SSSR count). The Morgan fingerprint density at radius 2 is 1.63 bits per heavy atom. The van der Waals surface area contributed by atoms with Crippen molar-refractivity contribution in [1.82, 2.24) is 0 Å². The number of halogens is 2. The molecule has 0 aliphatic heterocycles. The first-order valence-electron chi connectivity index (χ1n) is 5.73. The summed E-state index contributed by atoms with van der Waals surface area (Å²) in [7, 11) is 0. The van der Waals surface area contributed by atoms with Crippen molar-refractivity contribution < 1.29 is 18.3 Å². The molecule has 4 heteroatoms. The molecule has 0 heterocycles. The summed E-state index contributed by atoms with van der Waals surface area (Å²) in [4.78, 5) is 10.2. The summed E-state index contributed by atoms with van der Waals surface area (Å²) < 4.78 is 31.6. The lowest BCUT2D eigenvalue weighted by molar-refractivity contribution is -0.130. The Balaban J connectivity index is 2.01. The van der Waals surface area contributed by atoms with Crippen LogP contribution in [0.3, 0.4) is 0 Å². The molecule has 0 radical (unpaired) electrons. The van der Waals surface area contributed by atoms with Crippen LogP contribution in [0.1, 0.15) is 11.1 Å². The molecule has 0 fully saturated rings. The van der Waals surface area contributed by atoms with Crippen molar-refractivity contribution in [2.24, 2.45) is 0 Å². The molecule has 98 valence electrons. The quantitative estimate of drug-likeness (QED) is 0.770. The van der Waals surface area contributed by atoms with Crippen LogP contribution >= 0.6 is 0 Å². The van der Waals surface area contributed by atoms with Crippen molar-refractivity contribution >= 4 is 6.29 Å². The summed E-state index contributed by atoms with van der Waals surface area (Å²) in [5, 5.41) is 0. The predicted molar refractivity (Wildman–Crippen MR) is 67.2 cm³/mol. The minimum Gasteiger partial charge on any atom is -0.489 e. The fourth-order valence-electron chi connectivity index (χ4n) is 1.58. The van der Waals surface area contributed by atoms with E-state index in [1.807, 2.05) is 30.3 Å². The normalized spacial score (nSPS) is 11.1.